The van der Waals surface area contributed by atoms with E-state index < -0.39 is 0 Å². The fourth-order valence-electron chi connectivity index (χ4n) is 4.41. The molecule has 5 aromatic rings. The molecule has 34 heavy (non-hydrogen) atoms. The number of aromatic nitrogens is 5. The molecule has 5 nitrogen and oxygen atoms in total. The summed E-state index contributed by atoms with van der Waals surface area (Å²) in [5.74, 6) is 1.87. The normalized spacial score (nSPS) is 10.9. The van der Waals surface area contributed by atoms with E-state index >= 15 is 0 Å². The van der Waals surface area contributed by atoms with Crippen LogP contribution in [0.4, 0.5) is 0 Å². The summed E-state index contributed by atoms with van der Waals surface area (Å²) in [7, 11) is 0. The molecular weight excluding hydrogens is 554 g/mol. The number of pyridine rings is 1. The molecule has 0 radical (unpaired) electrons. The number of nitrogens with zero attached hydrogens (tertiary/aromatic N) is 5. The zero-order chi connectivity index (χ0) is 21.9. The van der Waals surface area contributed by atoms with E-state index in [1.165, 1.54) is 47.8 Å². The van der Waals surface area contributed by atoms with Crippen molar-refractivity contribution in [3.05, 3.63) is 79.4 Å². The van der Waals surface area contributed by atoms with Crippen LogP contribution < -0.4 is 43.1 Å². The van der Waals surface area contributed by atoms with Crippen LogP contribution in [0.2, 0.25) is 0 Å². The van der Waals surface area contributed by atoms with Gasteiger partial charge in [0.15, 0.2) is 22.1 Å². The van der Waals surface area contributed by atoms with Crippen LogP contribution >= 0.6 is 0 Å². The van der Waals surface area contributed by atoms with Crippen LogP contribution in [0, 0.1) is 0 Å². The molecule has 0 atom stereocenters. The third-order valence-corrected chi connectivity index (χ3v) is 6.13. The van der Waals surface area contributed by atoms with Gasteiger partial charge in [-0.15, -0.1) is 0 Å². The first kappa shape index (κ1) is 26.1. The summed E-state index contributed by atoms with van der Waals surface area (Å²) in [6.07, 6.45) is 9.08. The second-order valence-electron chi connectivity index (χ2n) is 8.40. The van der Waals surface area contributed by atoms with Crippen molar-refractivity contribution < 1.29 is 43.1 Å². The number of imidazole rings is 2. The van der Waals surface area contributed by atoms with Crippen LogP contribution in [-0.4, -0.2) is 14.1 Å². The highest BCUT2D eigenvalue weighted by atomic mass is 79.9. The Bertz CT molecular complexity index is 1270. The van der Waals surface area contributed by atoms with Gasteiger partial charge in [-0.25, -0.2) is 9.13 Å². The Hall–Kier alpha value is -2.51. The van der Waals surface area contributed by atoms with Crippen molar-refractivity contribution in [2.24, 2.45) is 0 Å². The van der Waals surface area contributed by atoms with Crippen molar-refractivity contribution >= 4 is 22.1 Å². The van der Waals surface area contributed by atoms with E-state index in [0.717, 1.165) is 24.7 Å². The van der Waals surface area contributed by atoms with Gasteiger partial charge in [-0.3, -0.25) is 0 Å². The average Bonchev–Trinajstić information content (AvgIpc) is 3.40. The Balaban J connectivity index is 0.00000162. The van der Waals surface area contributed by atoms with Crippen LogP contribution in [0.3, 0.4) is 0 Å². The van der Waals surface area contributed by atoms with Gasteiger partial charge in [-0.2, -0.15) is 14.1 Å². The van der Waals surface area contributed by atoms with Crippen molar-refractivity contribution in [1.82, 2.24) is 14.1 Å². The molecule has 0 unspecified atom stereocenters. The summed E-state index contributed by atoms with van der Waals surface area (Å²) in [6.45, 7) is 6.50. The minimum Gasteiger partial charge on any atom is -1.00 e. The molecule has 0 saturated carbocycles. The maximum Gasteiger partial charge on any atom is 0.251 e. The Kier molecular flexibility index (Phi) is 9.03. The number of fused-ring (bicyclic) bond motifs is 2. The minimum atomic E-state index is 0. The molecule has 0 aliphatic heterocycles. The number of aryl methyl sites for hydroxylation is 2. The monoisotopic (exact) mass is 583 g/mol. The van der Waals surface area contributed by atoms with E-state index in [1.807, 2.05) is 0 Å². The highest BCUT2D eigenvalue weighted by molar-refractivity contribution is 5.75. The van der Waals surface area contributed by atoms with Crippen molar-refractivity contribution in [3.63, 3.8) is 0 Å². The molecular formula is C27H31Br2N5. The Morgan fingerprint density at radius 3 is 1.50 bits per heavy atom. The first-order chi connectivity index (χ1) is 15.8. The van der Waals surface area contributed by atoms with Gasteiger partial charge in [0.1, 0.15) is 0 Å². The lowest BCUT2D eigenvalue weighted by molar-refractivity contribution is -0.672. The maximum atomic E-state index is 5.10. The summed E-state index contributed by atoms with van der Waals surface area (Å²) >= 11 is 0. The predicted molar refractivity (Wildman–Crippen MR) is 128 cm³/mol. The van der Waals surface area contributed by atoms with Crippen molar-refractivity contribution in [1.29, 1.82) is 0 Å². The lowest BCUT2D eigenvalue weighted by Gasteiger charge is -2.00. The molecule has 3 aromatic heterocycles. The van der Waals surface area contributed by atoms with E-state index in [0.29, 0.717) is 0 Å². The van der Waals surface area contributed by atoms with Crippen molar-refractivity contribution in [3.8, 4) is 11.6 Å². The molecule has 2 aromatic carbocycles. The first-order valence-corrected chi connectivity index (χ1v) is 11.8. The second-order valence-corrected chi connectivity index (χ2v) is 8.40. The number of hydrogen-bond acceptors (Lipinski definition) is 1. The fourth-order valence-corrected chi connectivity index (χ4v) is 4.41. The van der Waals surface area contributed by atoms with E-state index in [9.17, 15) is 0 Å². The van der Waals surface area contributed by atoms with Crippen LogP contribution in [0.1, 0.15) is 39.5 Å². The quantitative estimate of drug-likeness (QED) is 0.219. The van der Waals surface area contributed by atoms with Gasteiger partial charge in [0.2, 0.25) is 11.6 Å². The molecule has 3 heterocycles. The fraction of sp³-hybridized carbons (Fsp3) is 0.296. The molecule has 0 spiro atoms. The van der Waals surface area contributed by atoms with E-state index in [1.54, 1.807) is 0 Å². The van der Waals surface area contributed by atoms with Crippen LogP contribution in [0.15, 0.2) is 79.4 Å². The van der Waals surface area contributed by atoms with Crippen LogP contribution in [0.25, 0.3) is 33.7 Å². The van der Waals surface area contributed by atoms with Crippen molar-refractivity contribution in [2.45, 2.75) is 52.6 Å². The number of hydrogen-bond donors (Lipinski definition) is 0. The van der Waals surface area contributed by atoms with Crippen LogP contribution in [0.5, 0.6) is 0 Å². The topological polar surface area (TPSA) is 30.5 Å². The third kappa shape index (κ3) is 4.96. The van der Waals surface area contributed by atoms with Gasteiger partial charge in [-0.05, 0) is 37.1 Å². The van der Waals surface area contributed by atoms with E-state index in [2.05, 4.69) is 112 Å². The standard InChI is InChI=1S/C27H31N5.2BrH/c1-3-5-18-29-20-31(24-14-9-7-12-22(24)29)26-16-11-17-27(28-26)32-21-30(19-6-4-2)23-13-8-10-15-25(23)32;;/h7-17,20-21H,3-6,18-19H2,1-2H3;2*1H/q+2;;/p-2. The lowest BCUT2D eigenvalue weighted by atomic mass is 10.3. The predicted octanol–water partition coefficient (Wildman–Crippen LogP) is -0.847. The van der Waals surface area contributed by atoms with Gasteiger partial charge in [0, 0.05) is 12.1 Å². The van der Waals surface area contributed by atoms with Gasteiger partial charge in [0.05, 0.1) is 13.1 Å². The maximum absolute atomic E-state index is 5.10. The molecule has 0 amide bonds. The number of unbranched alkanes of at least 4 members (excludes halogenated alkanes) is 2. The summed E-state index contributed by atoms with van der Waals surface area (Å²) in [6, 6.07) is 23.5. The highest BCUT2D eigenvalue weighted by Gasteiger charge is 2.21. The Morgan fingerprint density at radius 2 is 1.06 bits per heavy atom. The first-order valence-electron chi connectivity index (χ1n) is 11.8. The minimum absolute atomic E-state index is 0. The molecule has 7 heteroatoms. The number of halogens is 2. The molecule has 0 saturated heterocycles. The van der Waals surface area contributed by atoms with Gasteiger partial charge in [-0.1, -0.05) is 57.0 Å². The molecule has 0 N–H and O–H groups in total. The van der Waals surface area contributed by atoms with E-state index in [-0.39, 0.29) is 34.0 Å². The summed E-state index contributed by atoms with van der Waals surface area (Å²) in [4.78, 5) is 5.10. The average molecular weight is 585 g/mol. The van der Waals surface area contributed by atoms with Crippen LogP contribution in [-0.2, 0) is 13.1 Å². The van der Waals surface area contributed by atoms with Gasteiger partial charge >= 0.3 is 0 Å². The van der Waals surface area contributed by atoms with Gasteiger partial charge < -0.3 is 34.0 Å². The molecule has 0 aliphatic carbocycles. The smallest absolute Gasteiger partial charge is 0.251 e. The molecule has 0 fully saturated rings. The van der Waals surface area contributed by atoms with Gasteiger partial charge in [0.25, 0.3) is 12.7 Å². The second kappa shape index (κ2) is 11.8. The Labute approximate surface area is 222 Å². The zero-order valence-electron chi connectivity index (χ0n) is 19.7. The van der Waals surface area contributed by atoms with E-state index in [4.69, 9.17) is 4.98 Å². The molecule has 178 valence electrons. The number of para-hydroxylation sites is 4. The molecule has 0 aliphatic rings. The SMILES string of the molecule is CCCC[n+]1cn(-c2cccc(-n3c[n+](CCCC)c4ccccc43)n2)c2ccccc21.[Br-].[Br-]. The van der Waals surface area contributed by atoms with Crippen molar-refractivity contribution in [2.75, 3.05) is 0 Å². The highest BCUT2D eigenvalue weighted by Crippen LogP contribution is 2.20. The lowest BCUT2D eigenvalue weighted by Crippen LogP contribution is -3.00. The number of rotatable bonds is 8. The summed E-state index contributed by atoms with van der Waals surface area (Å²) in [5.41, 5.74) is 4.86. The third-order valence-electron chi connectivity index (χ3n) is 6.13. The Morgan fingerprint density at radius 1 is 0.618 bits per heavy atom. The summed E-state index contributed by atoms with van der Waals surface area (Å²) < 4.78 is 9.12. The zero-order valence-corrected chi connectivity index (χ0v) is 22.9. The number of benzene rings is 2. The molecule has 0 bridgehead atoms. The molecule has 5 rings (SSSR count). The summed E-state index contributed by atoms with van der Waals surface area (Å²) in [5, 5.41) is 0. The largest absolute Gasteiger partial charge is 1.00 e.